The first-order valence-electron chi connectivity index (χ1n) is 9.49. The fourth-order valence-corrected chi connectivity index (χ4v) is 4.19. The van der Waals surface area contributed by atoms with Crippen LogP contribution in [0.5, 0.6) is 11.5 Å². The first-order valence-corrected chi connectivity index (χ1v) is 10.7. The van der Waals surface area contributed by atoms with Crippen LogP contribution in [0.25, 0.3) is 6.08 Å². The van der Waals surface area contributed by atoms with E-state index in [4.69, 9.17) is 22.1 Å². The van der Waals surface area contributed by atoms with Crippen LogP contribution in [0.2, 0.25) is 0 Å². The van der Waals surface area contributed by atoms with Gasteiger partial charge >= 0.3 is 5.97 Å². The van der Waals surface area contributed by atoms with Gasteiger partial charge in [0.25, 0.3) is 5.91 Å². The molecule has 5 nitrogen and oxygen atoms in total. The minimum Gasteiger partial charge on any atom is -0.481 e. The number of amides is 1. The third-order valence-electron chi connectivity index (χ3n) is 4.53. The Bertz CT molecular complexity index is 1010. The summed E-state index contributed by atoms with van der Waals surface area (Å²) < 4.78 is 6.34. The lowest BCUT2D eigenvalue weighted by Crippen LogP contribution is -2.30. The zero-order chi connectivity index (χ0) is 21.9. The lowest BCUT2D eigenvalue weighted by molar-refractivity contribution is -0.137. The molecule has 1 aliphatic rings. The van der Waals surface area contributed by atoms with Crippen molar-refractivity contribution in [1.82, 2.24) is 4.90 Å². The average molecular weight is 442 g/mol. The molecule has 0 spiro atoms. The van der Waals surface area contributed by atoms with Crippen molar-refractivity contribution < 1.29 is 19.4 Å². The topological polar surface area (TPSA) is 66.8 Å². The summed E-state index contributed by atoms with van der Waals surface area (Å²) in [6.45, 7) is 6.56. The molecule has 2 aromatic carbocycles. The lowest BCUT2D eigenvalue weighted by Gasteiger charge is -2.19. The maximum absolute atomic E-state index is 12.5. The molecule has 0 aliphatic carbocycles. The standard InChI is InChI=1S/C23H23NO4S2/c1-23(2,3)16-7-9-17(10-8-16)28-18-6-4-5-15(13-18)14-19-21(27)24(22(29)30-19)12-11-20(25)26/h4-10,13-14H,11-12H2,1-3H3,(H,25,26)/b19-14-. The fourth-order valence-electron chi connectivity index (χ4n) is 2.88. The molecule has 1 saturated heterocycles. The van der Waals surface area contributed by atoms with Crippen molar-refractivity contribution in [2.45, 2.75) is 32.6 Å². The van der Waals surface area contributed by atoms with E-state index >= 15 is 0 Å². The number of nitrogens with zero attached hydrogens (tertiary/aromatic N) is 1. The van der Waals surface area contributed by atoms with Crippen molar-refractivity contribution in [1.29, 1.82) is 0 Å². The minimum atomic E-state index is -0.964. The van der Waals surface area contributed by atoms with Gasteiger partial charge in [0.1, 0.15) is 15.8 Å². The second kappa shape index (κ2) is 9.02. The number of thiocarbonyl (C=S) groups is 1. The number of carbonyl (C=O) groups is 2. The van der Waals surface area contributed by atoms with E-state index in [0.29, 0.717) is 15.0 Å². The Kier molecular flexibility index (Phi) is 6.63. The van der Waals surface area contributed by atoms with Crippen LogP contribution < -0.4 is 4.74 Å². The van der Waals surface area contributed by atoms with Crippen LogP contribution in [0.3, 0.4) is 0 Å². The second-order valence-corrected chi connectivity index (χ2v) is 9.60. The first-order chi connectivity index (χ1) is 14.1. The maximum atomic E-state index is 12.5. The number of aliphatic carboxylic acids is 1. The van der Waals surface area contributed by atoms with E-state index < -0.39 is 5.97 Å². The van der Waals surface area contributed by atoms with Gasteiger partial charge in [-0.25, -0.2) is 0 Å². The molecule has 1 fully saturated rings. The van der Waals surface area contributed by atoms with Gasteiger partial charge < -0.3 is 9.84 Å². The lowest BCUT2D eigenvalue weighted by atomic mass is 9.87. The highest BCUT2D eigenvalue weighted by atomic mass is 32.2. The number of rotatable bonds is 6. The highest BCUT2D eigenvalue weighted by Crippen LogP contribution is 2.33. The molecule has 0 atom stereocenters. The Morgan fingerprint density at radius 3 is 2.50 bits per heavy atom. The third kappa shape index (κ3) is 5.49. The van der Waals surface area contributed by atoms with Crippen molar-refractivity contribution >= 4 is 46.3 Å². The number of carboxylic acids is 1. The number of carboxylic acid groups (broad SMARTS) is 1. The zero-order valence-corrected chi connectivity index (χ0v) is 18.7. The fraction of sp³-hybridized carbons (Fsp3) is 0.261. The highest BCUT2D eigenvalue weighted by Gasteiger charge is 2.32. The molecule has 1 N–H and O–H groups in total. The van der Waals surface area contributed by atoms with Crippen molar-refractivity contribution in [2.75, 3.05) is 6.54 Å². The van der Waals surface area contributed by atoms with E-state index in [1.807, 2.05) is 36.4 Å². The Morgan fingerprint density at radius 2 is 1.87 bits per heavy atom. The summed E-state index contributed by atoms with van der Waals surface area (Å²) in [4.78, 5) is 25.1. The monoisotopic (exact) mass is 441 g/mol. The van der Waals surface area contributed by atoms with E-state index in [2.05, 4.69) is 32.9 Å². The average Bonchev–Trinajstić information content (AvgIpc) is 2.93. The molecule has 0 unspecified atom stereocenters. The van der Waals surface area contributed by atoms with Crippen molar-refractivity contribution in [3.05, 3.63) is 64.6 Å². The van der Waals surface area contributed by atoms with Crippen molar-refractivity contribution in [3.8, 4) is 11.5 Å². The number of benzene rings is 2. The van der Waals surface area contributed by atoms with Crippen LogP contribution in [-0.4, -0.2) is 32.7 Å². The largest absolute Gasteiger partial charge is 0.481 e. The van der Waals surface area contributed by atoms with Crippen molar-refractivity contribution in [3.63, 3.8) is 0 Å². The number of hydrogen-bond acceptors (Lipinski definition) is 5. The first kappa shape index (κ1) is 22.1. The molecule has 0 aromatic heterocycles. The Balaban J connectivity index is 1.73. The summed E-state index contributed by atoms with van der Waals surface area (Å²) in [5.41, 5.74) is 2.11. The summed E-state index contributed by atoms with van der Waals surface area (Å²) >= 11 is 6.40. The number of carbonyl (C=O) groups excluding carboxylic acids is 1. The van der Waals surface area contributed by atoms with Crippen LogP contribution in [0.1, 0.15) is 38.3 Å². The molecular weight excluding hydrogens is 418 g/mol. The van der Waals surface area contributed by atoms with Crippen LogP contribution >= 0.6 is 24.0 Å². The van der Waals surface area contributed by atoms with E-state index in [1.165, 1.54) is 22.2 Å². The molecule has 7 heteroatoms. The Labute approximate surface area is 185 Å². The van der Waals surface area contributed by atoms with Gasteiger partial charge in [0.15, 0.2) is 0 Å². The van der Waals surface area contributed by atoms with E-state index in [0.717, 1.165) is 11.3 Å². The predicted molar refractivity (Wildman–Crippen MR) is 124 cm³/mol. The minimum absolute atomic E-state index is 0.0745. The molecule has 3 rings (SSSR count). The van der Waals surface area contributed by atoms with Crippen LogP contribution in [0, 0.1) is 0 Å². The number of hydrogen-bond donors (Lipinski definition) is 1. The van der Waals surface area contributed by atoms with Gasteiger partial charge in [0.05, 0.1) is 11.3 Å². The van der Waals surface area contributed by atoms with Gasteiger partial charge in [-0.05, 0) is 46.9 Å². The summed E-state index contributed by atoms with van der Waals surface area (Å²) in [5.74, 6) is 0.164. The molecular formula is C23H23NO4S2. The van der Waals surface area contributed by atoms with Gasteiger partial charge in [-0.3, -0.25) is 14.5 Å². The Hall–Kier alpha value is -2.64. The third-order valence-corrected chi connectivity index (χ3v) is 5.91. The maximum Gasteiger partial charge on any atom is 0.305 e. The molecule has 0 radical (unpaired) electrons. The van der Waals surface area contributed by atoms with Gasteiger partial charge in [-0.15, -0.1) is 0 Å². The molecule has 1 amide bonds. The smallest absolute Gasteiger partial charge is 0.305 e. The molecule has 1 aliphatic heterocycles. The van der Waals surface area contributed by atoms with Crippen LogP contribution in [0.4, 0.5) is 0 Å². The molecule has 156 valence electrons. The molecule has 2 aromatic rings. The van der Waals surface area contributed by atoms with Gasteiger partial charge in [0.2, 0.25) is 0 Å². The van der Waals surface area contributed by atoms with Gasteiger partial charge in [-0.1, -0.05) is 69.0 Å². The number of thioether (sulfide) groups is 1. The molecule has 0 saturated carbocycles. The van der Waals surface area contributed by atoms with Crippen molar-refractivity contribution in [2.24, 2.45) is 0 Å². The molecule has 30 heavy (non-hydrogen) atoms. The summed E-state index contributed by atoms with van der Waals surface area (Å²) in [7, 11) is 0. The zero-order valence-electron chi connectivity index (χ0n) is 17.0. The second-order valence-electron chi connectivity index (χ2n) is 7.93. The van der Waals surface area contributed by atoms with Crippen LogP contribution in [0.15, 0.2) is 53.4 Å². The van der Waals surface area contributed by atoms with E-state index in [9.17, 15) is 9.59 Å². The summed E-state index contributed by atoms with van der Waals surface area (Å²) in [6, 6.07) is 15.4. The Morgan fingerprint density at radius 1 is 1.17 bits per heavy atom. The summed E-state index contributed by atoms with van der Waals surface area (Å²) in [6.07, 6.45) is 1.60. The number of ether oxygens (including phenoxy) is 1. The van der Waals surface area contributed by atoms with E-state index in [-0.39, 0.29) is 24.3 Å². The highest BCUT2D eigenvalue weighted by molar-refractivity contribution is 8.26. The summed E-state index contributed by atoms with van der Waals surface area (Å²) in [5, 5.41) is 8.84. The SMILES string of the molecule is CC(C)(C)c1ccc(Oc2cccc(/C=C3\SC(=S)N(CCC(=O)O)C3=O)c2)cc1. The van der Waals surface area contributed by atoms with Gasteiger partial charge in [0, 0.05) is 6.54 Å². The van der Waals surface area contributed by atoms with E-state index in [1.54, 1.807) is 6.08 Å². The van der Waals surface area contributed by atoms with Gasteiger partial charge in [-0.2, -0.15) is 0 Å². The molecule has 0 bridgehead atoms. The van der Waals surface area contributed by atoms with Crippen LogP contribution in [-0.2, 0) is 15.0 Å². The quantitative estimate of drug-likeness (QED) is 0.475. The normalized spacial score (nSPS) is 15.7. The predicted octanol–water partition coefficient (Wildman–Crippen LogP) is 5.45. The molecule has 1 heterocycles.